The zero-order chi connectivity index (χ0) is 15.2. The van der Waals surface area contributed by atoms with E-state index in [1.54, 1.807) is 6.92 Å². The quantitative estimate of drug-likeness (QED) is 0.777. The SMILES string of the molecule is CCCC(O)(C(=O)OCC)C(C)c1ccc(CC)cc1. The Labute approximate surface area is 122 Å². The smallest absolute Gasteiger partial charge is 0.338 e. The molecule has 1 aromatic carbocycles. The van der Waals surface area contributed by atoms with Crippen LogP contribution in [0.4, 0.5) is 0 Å². The van der Waals surface area contributed by atoms with Crippen molar-refractivity contribution in [3.8, 4) is 0 Å². The normalized spacial score (nSPS) is 15.4. The Morgan fingerprint density at radius 1 is 1.25 bits per heavy atom. The number of aliphatic hydroxyl groups is 1. The second-order valence-electron chi connectivity index (χ2n) is 5.21. The molecule has 1 rings (SSSR count). The molecule has 0 amide bonds. The van der Waals surface area contributed by atoms with Crippen molar-refractivity contribution >= 4 is 5.97 Å². The molecule has 0 aliphatic carbocycles. The average molecular weight is 278 g/mol. The predicted octanol–water partition coefficient (Wildman–Crippen LogP) is 3.45. The molecule has 2 atom stereocenters. The molecule has 0 spiro atoms. The molecule has 0 fully saturated rings. The molecule has 1 aromatic rings. The summed E-state index contributed by atoms with van der Waals surface area (Å²) in [7, 11) is 0. The molecule has 0 saturated heterocycles. The van der Waals surface area contributed by atoms with E-state index in [1.165, 1.54) is 5.56 Å². The first-order valence-corrected chi connectivity index (χ1v) is 7.48. The zero-order valence-electron chi connectivity index (χ0n) is 13.0. The number of hydrogen-bond donors (Lipinski definition) is 1. The van der Waals surface area contributed by atoms with E-state index in [0.29, 0.717) is 6.42 Å². The van der Waals surface area contributed by atoms with Gasteiger partial charge in [0.2, 0.25) is 0 Å². The van der Waals surface area contributed by atoms with E-state index >= 15 is 0 Å². The molecule has 112 valence electrons. The molecule has 1 N–H and O–H groups in total. The van der Waals surface area contributed by atoms with Gasteiger partial charge in [-0.15, -0.1) is 0 Å². The van der Waals surface area contributed by atoms with Crippen LogP contribution >= 0.6 is 0 Å². The van der Waals surface area contributed by atoms with Crippen molar-refractivity contribution in [2.45, 2.75) is 58.5 Å². The van der Waals surface area contributed by atoms with Crippen LogP contribution in [-0.4, -0.2) is 23.3 Å². The van der Waals surface area contributed by atoms with Gasteiger partial charge < -0.3 is 9.84 Å². The topological polar surface area (TPSA) is 46.5 Å². The highest BCUT2D eigenvalue weighted by Gasteiger charge is 2.42. The predicted molar refractivity (Wildman–Crippen MR) is 80.7 cm³/mol. The van der Waals surface area contributed by atoms with Crippen LogP contribution in [-0.2, 0) is 16.0 Å². The number of aryl methyl sites for hydroxylation is 1. The van der Waals surface area contributed by atoms with Gasteiger partial charge in [-0.2, -0.15) is 0 Å². The molecule has 0 aliphatic rings. The fourth-order valence-electron chi connectivity index (χ4n) is 2.45. The molecule has 3 nitrogen and oxygen atoms in total. The van der Waals surface area contributed by atoms with E-state index in [0.717, 1.165) is 18.4 Å². The summed E-state index contributed by atoms with van der Waals surface area (Å²) in [5.74, 6) is -0.804. The molecular weight excluding hydrogens is 252 g/mol. The standard InChI is InChI=1S/C17H26O3/c1-5-12-17(19,16(18)20-7-3)13(4)15-10-8-14(6-2)9-11-15/h8-11,13,19H,5-7,12H2,1-4H3. The third-order valence-corrected chi connectivity index (χ3v) is 3.86. The Morgan fingerprint density at radius 2 is 1.85 bits per heavy atom. The summed E-state index contributed by atoms with van der Waals surface area (Å²) in [6.07, 6.45) is 2.11. The lowest BCUT2D eigenvalue weighted by Crippen LogP contribution is -2.44. The van der Waals surface area contributed by atoms with Crippen LogP contribution in [0.15, 0.2) is 24.3 Å². The highest BCUT2D eigenvalue weighted by Crippen LogP contribution is 2.33. The number of hydrogen-bond acceptors (Lipinski definition) is 3. The minimum Gasteiger partial charge on any atom is -0.464 e. The maximum atomic E-state index is 12.1. The van der Waals surface area contributed by atoms with Gasteiger partial charge in [-0.3, -0.25) is 0 Å². The first-order valence-electron chi connectivity index (χ1n) is 7.48. The molecule has 2 unspecified atom stereocenters. The lowest BCUT2D eigenvalue weighted by molar-refractivity contribution is -0.168. The molecule has 0 bridgehead atoms. The van der Waals surface area contributed by atoms with Crippen LogP contribution in [0.25, 0.3) is 0 Å². The van der Waals surface area contributed by atoms with Gasteiger partial charge in [0, 0.05) is 5.92 Å². The number of benzene rings is 1. The van der Waals surface area contributed by atoms with Crippen molar-refractivity contribution in [2.75, 3.05) is 6.61 Å². The highest BCUT2D eigenvalue weighted by molar-refractivity contribution is 5.80. The van der Waals surface area contributed by atoms with Crippen molar-refractivity contribution in [3.05, 3.63) is 35.4 Å². The summed E-state index contributed by atoms with van der Waals surface area (Å²) in [5, 5.41) is 10.8. The second-order valence-corrected chi connectivity index (χ2v) is 5.21. The van der Waals surface area contributed by atoms with Crippen LogP contribution in [0, 0.1) is 0 Å². The van der Waals surface area contributed by atoms with Gasteiger partial charge in [-0.25, -0.2) is 4.79 Å². The molecule has 0 saturated carbocycles. The Hall–Kier alpha value is -1.35. The van der Waals surface area contributed by atoms with Gasteiger partial charge in [0.25, 0.3) is 0 Å². The number of carbonyl (C=O) groups excluding carboxylic acids is 1. The van der Waals surface area contributed by atoms with Crippen LogP contribution in [0.3, 0.4) is 0 Å². The molecule has 0 radical (unpaired) electrons. The maximum Gasteiger partial charge on any atom is 0.338 e. The fraction of sp³-hybridized carbons (Fsp3) is 0.588. The Morgan fingerprint density at radius 3 is 2.30 bits per heavy atom. The van der Waals surface area contributed by atoms with E-state index in [1.807, 2.05) is 38.1 Å². The van der Waals surface area contributed by atoms with Gasteiger partial charge >= 0.3 is 5.97 Å². The number of carbonyl (C=O) groups is 1. The summed E-state index contributed by atoms with van der Waals surface area (Å²) < 4.78 is 5.06. The lowest BCUT2D eigenvalue weighted by atomic mass is 9.80. The van der Waals surface area contributed by atoms with E-state index in [9.17, 15) is 9.90 Å². The van der Waals surface area contributed by atoms with Crippen LogP contribution < -0.4 is 0 Å². The Kier molecular flexibility index (Phi) is 6.21. The molecule has 0 aromatic heterocycles. The monoisotopic (exact) mass is 278 g/mol. The van der Waals surface area contributed by atoms with Crippen molar-refractivity contribution < 1.29 is 14.6 Å². The lowest BCUT2D eigenvalue weighted by Gasteiger charge is -2.32. The minimum atomic E-state index is -1.45. The van der Waals surface area contributed by atoms with Crippen LogP contribution in [0.1, 0.15) is 57.6 Å². The number of rotatable bonds is 7. The molecule has 3 heteroatoms. The summed E-state index contributed by atoms with van der Waals surface area (Å²) in [6, 6.07) is 8.07. The number of ether oxygens (including phenoxy) is 1. The zero-order valence-corrected chi connectivity index (χ0v) is 13.0. The van der Waals surface area contributed by atoms with E-state index in [2.05, 4.69) is 6.92 Å². The number of esters is 1. The first kappa shape index (κ1) is 16.7. The van der Waals surface area contributed by atoms with Gasteiger partial charge in [0.05, 0.1) is 6.61 Å². The van der Waals surface area contributed by atoms with Crippen molar-refractivity contribution in [2.24, 2.45) is 0 Å². The largest absolute Gasteiger partial charge is 0.464 e. The van der Waals surface area contributed by atoms with Gasteiger partial charge in [-0.05, 0) is 30.9 Å². The van der Waals surface area contributed by atoms with Crippen molar-refractivity contribution in [1.29, 1.82) is 0 Å². The van der Waals surface area contributed by atoms with Crippen molar-refractivity contribution in [3.63, 3.8) is 0 Å². The Balaban J connectivity index is 3.02. The van der Waals surface area contributed by atoms with Gasteiger partial charge in [0.1, 0.15) is 0 Å². The second kappa shape index (κ2) is 7.44. The Bertz CT molecular complexity index is 424. The van der Waals surface area contributed by atoms with Gasteiger partial charge in [0.15, 0.2) is 5.60 Å². The summed E-state index contributed by atoms with van der Waals surface area (Å²) in [4.78, 5) is 12.1. The maximum absolute atomic E-state index is 12.1. The summed E-state index contributed by atoms with van der Waals surface area (Å²) >= 11 is 0. The third kappa shape index (κ3) is 3.60. The third-order valence-electron chi connectivity index (χ3n) is 3.86. The van der Waals surface area contributed by atoms with Crippen molar-refractivity contribution in [1.82, 2.24) is 0 Å². The first-order chi connectivity index (χ1) is 9.49. The molecular formula is C17H26O3. The molecule has 0 heterocycles. The van der Waals surface area contributed by atoms with E-state index < -0.39 is 11.6 Å². The van der Waals surface area contributed by atoms with Crippen LogP contribution in [0.2, 0.25) is 0 Å². The fourth-order valence-corrected chi connectivity index (χ4v) is 2.45. The molecule has 0 aliphatic heterocycles. The van der Waals surface area contributed by atoms with E-state index in [4.69, 9.17) is 4.74 Å². The van der Waals surface area contributed by atoms with Crippen LogP contribution in [0.5, 0.6) is 0 Å². The summed E-state index contributed by atoms with van der Waals surface area (Å²) in [5.41, 5.74) is 0.765. The molecule has 20 heavy (non-hydrogen) atoms. The average Bonchev–Trinajstić information content (AvgIpc) is 2.47. The van der Waals surface area contributed by atoms with Gasteiger partial charge in [-0.1, -0.05) is 51.5 Å². The minimum absolute atomic E-state index is 0.284. The highest BCUT2D eigenvalue weighted by atomic mass is 16.5. The van der Waals surface area contributed by atoms with E-state index in [-0.39, 0.29) is 12.5 Å². The summed E-state index contributed by atoms with van der Waals surface area (Å²) in [6.45, 7) is 7.98.